The largest absolute Gasteiger partial charge is 0.543 e. The lowest BCUT2D eigenvalue weighted by Gasteiger charge is -2.46. The summed E-state index contributed by atoms with van der Waals surface area (Å²) < 4.78 is 19.2. The van der Waals surface area contributed by atoms with E-state index in [0.717, 1.165) is 16.9 Å². The molecule has 1 aliphatic carbocycles. The molecule has 2 aliphatic heterocycles. The van der Waals surface area contributed by atoms with Gasteiger partial charge in [-0.15, -0.1) is 0 Å². The van der Waals surface area contributed by atoms with E-state index < -0.39 is 30.8 Å². The molecule has 3 aliphatic rings. The van der Waals surface area contributed by atoms with Crippen LogP contribution in [0.15, 0.2) is 48.1 Å². The van der Waals surface area contributed by atoms with Crippen LogP contribution in [0.4, 0.5) is 5.69 Å². The van der Waals surface area contributed by atoms with Gasteiger partial charge in [-0.3, -0.25) is 14.5 Å². The van der Waals surface area contributed by atoms with Gasteiger partial charge in [-0.25, -0.2) is 0 Å². The van der Waals surface area contributed by atoms with Crippen molar-refractivity contribution in [2.45, 2.75) is 103 Å². The topological polar surface area (TPSA) is 65.1 Å². The van der Waals surface area contributed by atoms with E-state index in [0.29, 0.717) is 35.3 Å². The van der Waals surface area contributed by atoms with Gasteiger partial charge in [-0.1, -0.05) is 72.8 Å². The molecule has 6 nitrogen and oxygen atoms in total. The van der Waals surface area contributed by atoms with E-state index in [-0.39, 0.29) is 18.4 Å². The number of ether oxygens (including phenoxy) is 2. The molecule has 1 amide bonds. The van der Waals surface area contributed by atoms with Gasteiger partial charge in [0.1, 0.15) is 11.4 Å². The lowest BCUT2D eigenvalue weighted by molar-refractivity contribution is -0.179. The van der Waals surface area contributed by atoms with Crippen molar-refractivity contribution in [3.63, 3.8) is 0 Å². The lowest BCUT2D eigenvalue weighted by Crippen LogP contribution is -2.63. The molecule has 0 radical (unpaired) electrons. The van der Waals surface area contributed by atoms with Gasteiger partial charge in [0.2, 0.25) is 5.91 Å². The highest BCUT2D eigenvalue weighted by Gasteiger charge is 2.83. The Kier molecular flexibility index (Phi) is 7.52. The minimum Gasteiger partial charge on any atom is -0.543 e. The van der Waals surface area contributed by atoms with Gasteiger partial charge in [0.15, 0.2) is 5.41 Å². The van der Waals surface area contributed by atoms with E-state index in [1.807, 2.05) is 29.2 Å². The number of esters is 1. The van der Waals surface area contributed by atoms with Gasteiger partial charge in [0.05, 0.1) is 18.8 Å². The SMILES string of the molecule is C=C1CO[C@@]23[C@@H]1C(C)=C[C@]2(CC)N(c1cccc(O[Si](C(C)C)(C(C)C)C(C)C)c1)C(=O)[C@@]3(C)C(=O)OCC. The first kappa shape index (κ1) is 29.6. The lowest BCUT2D eigenvalue weighted by atomic mass is 9.62. The third-order valence-corrected chi connectivity index (χ3v) is 15.9. The van der Waals surface area contributed by atoms with Crippen LogP contribution < -0.4 is 9.33 Å². The molecule has 2 saturated heterocycles. The molecule has 1 aromatic carbocycles. The minimum absolute atomic E-state index is 0.185. The predicted octanol–water partition coefficient (Wildman–Crippen LogP) is 7.21. The molecular weight excluding hydrogens is 506 g/mol. The highest BCUT2D eigenvalue weighted by molar-refractivity contribution is 6.78. The number of amides is 1. The monoisotopic (exact) mass is 553 g/mol. The number of nitrogens with zero attached hydrogens (tertiary/aromatic N) is 1. The van der Waals surface area contributed by atoms with Crippen LogP contribution in [0.3, 0.4) is 0 Å². The molecule has 0 saturated carbocycles. The van der Waals surface area contributed by atoms with Crippen molar-refractivity contribution in [1.29, 1.82) is 0 Å². The standard InChI is InChI=1S/C32H47NO5Si/c1-12-31-18-23(9)27-24(10)19-37-32(27,31)30(11,29(35)36-13-2)28(34)33(31)25-15-14-16-26(17-25)38-39(20(3)4,21(5)6)22(7)8/h14-18,20-22,27H,10,12-13,19H2,1-9,11H3/t27-,30+,31+,32-/m1/s1. The predicted molar refractivity (Wildman–Crippen MR) is 158 cm³/mol. The fourth-order valence-corrected chi connectivity index (χ4v) is 13.8. The van der Waals surface area contributed by atoms with E-state index in [4.69, 9.17) is 13.9 Å². The van der Waals surface area contributed by atoms with Gasteiger partial charge in [-0.05, 0) is 61.5 Å². The zero-order valence-electron chi connectivity index (χ0n) is 25.5. The third-order valence-electron chi connectivity index (χ3n) is 9.94. The summed E-state index contributed by atoms with van der Waals surface area (Å²) >= 11 is 0. The van der Waals surface area contributed by atoms with Crippen LogP contribution in [0, 0.1) is 11.3 Å². The van der Waals surface area contributed by atoms with Crippen molar-refractivity contribution in [1.82, 2.24) is 0 Å². The van der Waals surface area contributed by atoms with Crippen molar-refractivity contribution >= 4 is 25.9 Å². The highest BCUT2D eigenvalue weighted by Crippen LogP contribution is 2.68. The maximum absolute atomic E-state index is 14.6. The Morgan fingerprint density at radius 2 is 1.77 bits per heavy atom. The van der Waals surface area contributed by atoms with Gasteiger partial charge in [0.25, 0.3) is 8.32 Å². The maximum Gasteiger partial charge on any atom is 0.324 e. The Labute approximate surface area is 235 Å². The summed E-state index contributed by atoms with van der Waals surface area (Å²) in [5.41, 5.74) is 0.345. The number of carbonyl (C=O) groups is 2. The van der Waals surface area contributed by atoms with Crippen LogP contribution in [0.1, 0.15) is 75.7 Å². The first-order valence-electron chi connectivity index (χ1n) is 14.5. The molecule has 4 atom stereocenters. The van der Waals surface area contributed by atoms with E-state index in [2.05, 4.69) is 68.0 Å². The molecule has 1 spiro atoms. The summed E-state index contributed by atoms with van der Waals surface area (Å²) in [4.78, 5) is 30.2. The summed E-state index contributed by atoms with van der Waals surface area (Å²) in [5.74, 6) is -0.330. The fraction of sp³-hybridized carbons (Fsp3) is 0.625. The normalized spacial score (nSPS) is 30.3. The van der Waals surface area contributed by atoms with Crippen LogP contribution in [0.5, 0.6) is 5.75 Å². The van der Waals surface area contributed by atoms with Crippen molar-refractivity contribution in [3.8, 4) is 5.75 Å². The van der Waals surface area contributed by atoms with Crippen LogP contribution in [0.25, 0.3) is 0 Å². The summed E-state index contributed by atoms with van der Waals surface area (Å²) in [6, 6.07) is 7.86. The van der Waals surface area contributed by atoms with Crippen LogP contribution in [-0.2, 0) is 19.1 Å². The number of hydrogen-bond donors (Lipinski definition) is 0. The fourth-order valence-electron chi connectivity index (χ4n) is 8.53. The molecule has 4 rings (SSSR count). The average Bonchev–Trinajstić information content (AvgIpc) is 3.41. The number of hydrogen-bond acceptors (Lipinski definition) is 5. The molecule has 0 N–H and O–H groups in total. The maximum atomic E-state index is 14.6. The van der Waals surface area contributed by atoms with Gasteiger partial charge in [-0.2, -0.15) is 0 Å². The Balaban J connectivity index is 1.92. The molecule has 1 aromatic rings. The second-order valence-electron chi connectivity index (χ2n) is 12.7. The van der Waals surface area contributed by atoms with E-state index in [1.54, 1.807) is 13.8 Å². The second-order valence-corrected chi connectivity index (χ2v) is 18.1. The number of carbonyl (C=O) groups excluding carboxylic acids is 2. The first-order valence-corrected chi connectivity index (χ1v) is 16.7. The van der Waals surface area contributed by atoms with E-state index >= 15 is 0 Å². The van der Waals surface area contributed by atoms with Crippen LogP contribution >= 0.6 is 0 Å². The van der Waals surface area contributed by atoms with Crippen LogP contribution in [0.2, 0.25) is 16.6 Å². The third kappa shape index (κ3) is 3.61. The van der Waals surface area contributed by atoms with Crippen molar-refractivity contribution in [3.05, 3.63) is 48.1 Å². The zero-order chi connectivity index (χ0) is 29.1. The number of benzene rings is 1. The van der Waals surface area contributed by atoms with Crippen molar-refractivity contribution in [2.75, 3.05) is 18.1 Å². The van der Waals surface area contributed by atoms with Gasteiger partial charge >= 0.3 is 5.97 Å². The Morgan fingerprint density at radius 1 is 1.15 bits per heavy atom. The zero-order valence-corrected chi connectivity index (χ0v) is 26.5. The molecule has 0 aromatic heterocycles. The Bertz CT molecular complexity index is 1180. The summed E-state index contributed by atoms with van der Waals surface area (Å²) in [5, 5.41) is 0. The Morgan fingerprint density at radius 3 is 2.31 bits per heavy atom. The molecule has 7 heteroatoms. The summed E-state index contributed by atoms with van der Waals surface area (Å²) in [6.07, 6.45) is 2.72. The minimum atomic E-state index is -2.23. The first-order chi connectivity index (χ1) is 18.2. The summed E-state index contributed by atoms with van der Waals surface area (Å²) in [7, 11) is -2.23. The molecule has 0 unspecified atom stereocenters. The van der Waals surface area contributed by atoms with Crippen molar-refractivity contribution in [2.24, 2.45) is 11.3 Å². The molecule has 2 fully saturated rings. The van der Waals surface area contributed by atoms with E-state index in [1.165, 1.54) is 0 Å². The van der Waals surface area contributed by atoms with E-state index in [9.17, 15) is 9.59 Å². The smallest absolute Gasteiger partial charge is 0.324 e. The average molecular weight is 554 g/mol. The summed E-state index contributed by atoms with van der Waals surface area (Å²) in [6.45, 7) is 26.0. The van der Waals surface area contributed by atoms with Crippen molar-refractivity contribution < 1.29 is 23.5 Å². The highest BCUT2D eigenvalue weighted by atomic mass is 28.4. The molecule has 39 heavy (non-hydrogen) atoms. The molecule has 2 heterocycles. The second kappa shape index (κ2) is 9.91. The molecular formula is C32H47NO5Si. The Hall–Kier alpha value is -2.38. The molecule has 214 valence electrons. The quantitative estimate of drug-likeness (QED) is 0.140. The van der Waals surface area contributed by atoms with Gasteiger partial charge < -0.3 is 13.9 Å². The number of anilines is 1. The molecule has 0 bridgehead atoms. The van der Waals surface area contributed by atoms with Crippen LogP contribution in [-0.4, -0.2) is 44.5 Å². The number of rotatable bonds is 9. The van der Waals surface area contributed by atoms with Gasteiger partial charge in [0, 0.05) is 17.7 Å².